The Kier molecular flexibility index (Phi) is 5.40. The molecule has 4 nitrogen and oxygen atoms in total. The predicted octanol–water partition coefficient (Wildman–Crippen LogP) is 2.23. The van der Waals surface area contributed by atoms with Gasteiger partial charge in [0.1, 0.15) is 0 Å². The van der Waals surface area contributed by atoms with Crippen LogP contribution in [0.5, 0.6) is 0 Å². The van der Waals surface area contributed by atoms with Gasteiger partial charge in [-0.05, 0) is 41.1 Å². The molecule has 0 aliphatic rings. The molecule has 0 spiro atoms. The fourth-order valence-electron chi connectivity index (χ4n) is 1.41. The van der Waals surface area contributed by atoms with Gasteiger partial charge in [0.15, 0.2) is 0 Å². The third-order valence-electron chi connectivity index (χ3n) is 2.34. The van der Waals surface area contributed by atoms with Crippen LogP contribution in [0.15, 0.2) is 24.3 Å². The van der Waals surface area contributed by atoms with Crippen LogP contribution in [0.1, 0.15) is 23.2 Å². The summed E-state index contributed by atoms with van der Waals surface area (Å²) in [6, 6.07) is 7.35. The van der Waals surface area contributed by atoms with Gasteiger partial charge in [0, 0.05) is 23.6 Å². The molecule has 0 saturated heterocycles. The maximum atomic E-state index is 12.0. The molecule has 1 N–H and O–H groups in total. The summed E-state index contributed by atoms with van der Waals surface area (Å²) in [5.74, 6) is -0.902. The lowest BCUT2D eigenvalue weighted by molar-refractivity contribution is -0.137. The van der Waals surface area contributed by atoms with E-state index in [9.17, 15) is 9.59 Å². The maximum Gasteiger partial charge on any atom is 0.303 e. The molecule has 17 heavy (non-hydrogen) atoms. The molecular formula is C12H14INO3. The van der Waals surface area contributed by atoms with Crippen molar-refractivity contribution in [3.63, 3.8) is 0 Å². The monoisotopic (exact) mass is 347 g/mol. The molecule has 0 aromatic heterocycles. The number of halogens is 1. The van der Waals surface area contributed by atoms with E-state index < -0.39 is 5.97 Å². The predicted molar refractivity (Wildman–Crippen MR) is 73.0 cm³/mol. The van der Waals surface area contributed by atoms with E-state index in [4.69, 9.17) is 5.11 Å². The van der Waals surface area contributed by atoms with E-state index in [2.05, 4.69) is 22.6 Å². The molecule has 5 heteroatoms. The van der Waals surface area contributed by atoms with Gasteiger partial charge >= 0.3 is 5.97 Å². The van der Waals surface area contributed by atoms with Crippen LogP contribution >= 0.6 is 22.6 Å². The van der Waals surface area contributed by atoms with Crippen LogP contribution in [0.3, 0.4) is 0 Å². The molecule has 0 bridgehead atoms. The van der Waals surface area contributed by atoms with E-state index in [1.165, 1.54) is 0 Å². The minimum absolute atomic E-state index is 0.0691. The van der Waals surface area contributed by atoms with Crippen LogP contribution < -0.4 is 0 Å². The lowest BCUT2D eigenvalue weighted by atomic mass is 10.2. The smallest absolute Gasteiger partial charge is 0.303 e. The molecule has 1 aromatic rings. The van der Waals surface area contributed by atoms with Crippen molar-refractivity contribution < 1.29 is 14.7 Å². The van der Waals surface area contributed by atoms with Gasteiger partial charge in [-0.1, -0.05) is 12.1 Å². The number of benzene rings is 1. The molecule has 92 valence electrons. The van der Waals surface area contributed by atoms with Crippen LogP contribution in [0.4, 0.5) is 0 Å². The average molecular weight is 347 g/mol. The quantitative estimate of drug-likeness (QED) is 0.831. The molecule has 0 aliphatic carbocycles. The van der Waals surface area contributed by atoms with Gasteiger partial charge < -0.3 is 10.0 Å². The number of carboxylic acids is 1. The van der Waals surface area contributed by atoms with Gasteiger partial charge in [0.05, 0.1) is 5.56 Å². The van der Waals surface area contributed by atoms with Crippen molar-refractivity contribution in [3.8, 4) is 0 Å². The molecule has 1 rings (SSSR count). The van der Waals surface area contributed by atoms with Crippen molar-refractivity contribution in [2.24, 2.45) is 0 Å². The summed E-state index contributed by atoms with van der Waals surface area (Å²) in [5, 5.41) is 8.52. The molecule has 0 fully saturated rings. The highest BCUT2D eigenvalue weighted by Crippen LogP contribution is 2.13. The first-order chi connectivity index (χ1) is 8.02. The second-order valence-corrected chi connectivity index (χ2v) is 4.87. The Morgan fingerprint density at radius 2 is 2.00 bits per heavy atom. The minimum atomic E-state index is -0.833. The zero-order valence-electron chi connectivity index (χ0n) is 9.52. The summed E-state index contributed by atoms with van der Waals surface area (Å²) in [4.78, 5) is 23.9. The van der Waals surface area contributed by atoms with Crippen LogP contribution in [-0.4, -0.2) is 35.5 Å². The summed E-state index contributed by atoms with van der Waals surface area (Å²) in [6.07, 6.45) is 0.560. The number of rotatable bonds is 5. The first-order valence-electron chi connectivity index (χ1n) is 5.24. The van der Waals surface area contributed by atoms with Gasteiger partial charge in [-0.2, -0.15) is 0 Å². The van der Waals surface area contributed by atoms with E-state index >= 15 is 0 Å². The summed E-state index contributed by atoms with van der Waals surface area (Å²) < 4.78 is 0.903. The fraction of sp³-hybridized carbons (Fsp3) is 0.333. The second kappa shape index (κ2) is 6.58. The van der Waals surface area contributed by atoms with Gasteiger partial charge in [0.25, 0.3) is 5.91 Å². The summed E-state index contributed by atoms with van der Waals surface area (Å²) in [6.45, 7) is 0.454. The molecule has 1 amide bonds. The van der Waals surface area contributed by atoms with Crippen molar-refractivity contribution in [2.75, 3.05) is 13.6 Å². The van der Waals surface area contributed by atoms with Gasteiger partial charge in [-0.3, -0.25) is 9.59 Å². The molecule has 0 atom stereocenters. The number of carbonyl (C=O) groups excluding carboxylic acids is 1. The first kappa shape index (κ1) is 14.0. The standard InChI is InChI=1S/C12H14INO3/c1-14(8-4-7-11(15)16)12(17)9-5-2-3-6-10(9)13/h2-3,5-6H,4,7-8H2,1H3,(H,15,16). The van der Waals surface area contributed by atoms with E-state index in [0.717, 1.165) is 3.57 Å². The van der Waals surface area contributed by atoms with Gasteiger partial charge in [-0.15, -0.1) is 0 Å². The first-order valence-corrected chi connectivity index (χ1v) is 6.32. The Hall–Kier alpha value is -1.11. The highest BCUT2D eigenvalue weighted by molar-refractivity contribution is 14.1. The Morgan fingerprint density at radius 1 is 1.35 bits per heavy atom. The van der Waals surface area contributed by atoms with Gasteiger partial charge in [0.2, 0.25) is 0 Å². The number of nitrogens with zero attached hydrogens (tertiary/aromatic N) is 1. The van der Waals surface area contributed by atoms with E-state index in [-0.39, 0.29) is 12.3 Å². The molecule has 0 saturated carbocycles. The summed E-state index contributed by atoms with van der Waals surface area (Å²) in [7, 11) is 1.69. The lowest BCUT2D eigenvalue weighted by Crippen LogP contribution is -2.28. The third-order valence-corrected chi connectivity index (χ3v) is 3.28. The number of carbonyl (C=O) groups is 2. The molecule has 1 aromatic carbocycles. The minimum Gasteiger partial charge on any atom is -0.481 e. The summed E-state index contributed by atoms with van der Waals surface area (Å²) >= 11 is 2.12. The second-order valence-electron chi connectivity index (χ2n) is 3.70. The number of carboxylic acid groups (broad SMARTS) is 1. The van der Waals surface area contributed by atoms with E-state index in [0.29, 0.717) is 18.5 Å². The van der Waals surface area contributed by atoms with Crippen molar-refractivity contribution >= 4 is 34.5 Å². The Balaban J connectivity index is 2.58. The number of amides is 1. The van der Waals surface area contributed by atoms with Crippen LogP contribution in [0.2, 0.25) is 0 Å². The van der Waals surface area contributed by atoms with Crippen molar-refractivity contribution in [2.45, 2.75) is 12.8 Å². The maximum absolute atomic E-state index is 12.0. The highest BCUT2D eigenvalue weighted by atomic mass is 127. The van der Waals surface area contributed by atoms with Crippen LogP contribution in [0.25, 0.3) is 0 Å². The average Bonchev–Trinajstić information content (AvgIpc) is 2.28. The zero-order chi connectivity index (χ0) is 12.8. The number of aliphatic carboxylic acids is 1. The largest absolute Gasteiger partial charge is 0.481 e. The lowest BCUT2D eigenvalue weighted by Gasteiger charge is -2.17. The molecule has 0 unspecified atom stereocenters. The molecule has 0 aliphatic heterocycles. The highest BCUT2D eigenvalue weighted by Gasteiger charge is 2.14. The van der Waals surface area contributed by atoms with Crippen molar-refractivity contribution in [1.29, 1.82) is 0 Å². The summed E-state index contributed by atoms with van der Waals surface area (Å²) in [5.41, 5.74) is 0.658. The normalized spacial score (nSPS) is 10.0. The zero-order valence-corrected chi connectivity index (χ0v) is 11.7. The van der Waals surface area contributed by atoms with Crippen LogP contribution in [0, 0.1) is 3.57 Å². The SMILES string of the molecule is CN(CCCC(=O)O)C(=O)c1ccccc1I. The Bertz CT molecular complexity index is 420. The fourth-order valence-corrected chi connectivity index (χ4v) is 2.03. The van der Waals surface area contributed by atoms with Gasteiger partial charge in [-0.25, -0.2) is 0 Å². The number of hydrogen-bond acceptors (Lipinski definition) is 2. The number of hydrogen-bond donors (Lipinski definition) is 1. The van der Waals surface area contributed by atoms with Crippen LogP contribution in [-0.2, 0) is 4.79 Å². The molecule has 0 radical (unpaired) electrons. The molecule has 0 heterocycles. The van der Waals surface area contributed by atoms with E-state index in [1.54, 1.807) is 18.0 Å². The van der Waals surface area contributed by atoms with Crippen molar-refractivity contribution in [1.82, 2.24) is 4.90 Å². The topological polar surface area (TPSA) is 57.6 Å². The Morgan fingerprint density at radius 3 is 2.59 bits per heavy atom. The Labute approximate surface area is 114 Å². The molecular weight excluding hydrogens is 333 g/mol. The van der Waals surface area contributed by atoms with E-state index in [1.807, 2.05) is 18.2 Å². The third kappa shape index (κ3) is 4.33. The van der Waals surface area contributed by atoms with Crippen molar-refractivity contribution in [3.05, 3.63) is 33.4 Å².